The first kappa shape index (κ1) is 13.9. The van der Waals surface area contributed by atoms with Crippen LogP contribution >= 0.6 is 11.8 Å². The largest absolute Gasteiger partial charge is 0.468 e. The van der Waals surface area contributed by atoms with Crippen molar-refractivity contribution in [3.8, 4) is 0 Å². The average molecular weight is 297 g/mol. The minimum Gasteiger partial charge on any atom is -0.468 e. The molecule has 0 bridgehead atoms. The van der Waals surface area contributed by atoms with Crippen molar-refractivity contribution in [1.82, 2.24) is 35.2 Å². The molecular formula is C8H11N9O2S. The van der Waals surface area contributed by atoms with Crippen LogP contribution in [-0.2, 0) is 21.8 Å². The Hall–Kier alpha value is -2.50. The van der Waals surface area contributed by atoms with Gasteiger partial charge in [-0.15, -0.1) is 5.10 Å². The molecule has 0 saturated carbocycles. The highest BCUT2D eigenvalue weighted by molar-refractivity contribution is 7.98. The number of tetrazole rings is 1. The van der Waals surface area contributed by atoms with Crippen molar-refractivity contribution < 1.29 is 9.53 Å². The molecule has 0 spiro atoms. The lowest BCUT2D eigenvalue weighted by molar-refractivity contribution is -0.141. The Kier molecular flexibility index (Phi) is 4.24. The molecule has 0 atom stereocenters. The summed E-state index contributed by atoms with van der Waals surface area (Å²) in [5, 5.41) is 11.4. The molecule has 0 radical (unpaired) electrons. The Bertz CT molecular complexity index is 595. The molecule has 0 fully saturated rings. The maximum Gasteiger partial charge on any atom is 0.327 e. The highest BCUT2D eigenvalue weighted by Crippen LogP contribution is 2.18. The predicted octanol–water partition coefficient (Wildman–Crippen LogP) is -1.51. The number of carbonyl (C=O) groups is 1. The minimum atomic E-state index is -0.451. The van der Waals surface area contributed by atoms with Crippen molar-refractivity contribution in [2.24, 2.45) is 0 Å². The standard InChI is InChI=1S/C8H11N9O2S/c1-19-5(18)2-17-8(14-15-16-17)20-3-4-11-6(9)13-7(10)12-4/h2-3H2,1H3,(H4,9,10,11,12,13). The number of hydrogen-bond acceptors (Lipinski definition) is 11. The van der Waals surface area contributed by atoms with E-state index in [-0.39, 0.29) is 18.4 Å². The van der Waals surface area contributed by atoms with Crippen LogP contribution in [0, 0.1) is 0 Å². The van der Waals surface area contributed by atoms with Gasteiger partial charge in [-0.25, -0.2) is 4.68 Å². The van der Waals surface area contributed by atoms with E-state index in [1.165, 1.54) is 23.6 Å². The molecule has 2 rings (SSSR count). The van der Waals surface area contributed by atoms with Gasteiger partial charge in [-0.3, -0.25) is 4.79 Å². The zero-order valence-corrected chi connectivity index (χ0v) is 11.2. The van der Waals surface area contributed by atoms with E-state index < -0.39 is 5.97 Å². The Morgan fingerprint density at radius 2 is 2.00 bits per heavy atom. The molecule has 11 nitrogen and oxygen atoms in total. The van der Waals surface area contributed by atoms with Crippen molar-refractivity contribution in [3.05, 3.63) is 5.82 Å². The van der Waals surface area contributed by atoms with Gasteiger partial charge in [0.05, 0.1) is 12.9 Å². The fourth-order valence-electron chi connectivity index (χ4n) is 1.24. The van der Waals surface area contributed by atoms with Gasteiger partial charge in [0.15, 0.2) is 0 Å². The summed E-state index contributed by atoms with van der Waals surface area (Å²) < 4.78 is 5.85. The highest BCUT2D eigenvalue weighted by atomic mass is 32.2. The molecule has 0 aliphatic rings. The molecule has 12 heteroatoms. The maximum absolute atomic E-state index is 11.2. The third kappa shape index (κ3) is 3.50. The molecule has 2 heterocycles. The second-order valence-corrected chi connectivity index (χ2v) is 4.39. The van der Waals surface area contributed by atoms with Crippen LogP contribution < -0.4 is 11.5 Å². The fraction of sp³-hybridized carbons (Fsp3) is 0.375. The van der Waals surface area contributed by atoms with Crippen LogP contribution in [0.5, 0.6) is 0 Å². The van der Waals surface area contributed by atoms with E-state index in [9.17, 15) is 4.79 Å². The molecule has 106 valence electrons. The van der Waals surface area contributed by atoms with Crippen LogP contribution in [0.2, 0.25) is 0 Å². The third-order valence-electron chi connectivity index (χ3n) is 2.05. The predicted molar refractivity (Wildman–Crippen MR) is 68.0 cm³/mol. The van der Waals surface area contributed by atoms with Gasteiger partial charge in [-0.1, -0.05) is 11.8 Å². The number of esters is 1. The highest BCUT2D eigenvalue weighted by Gasteiger charge is 2.12. The van der Waals surface area contributed by atoms with Crippen LogP contribution in [0.3, 0.4) is 0 Å². The number of anilines is 2. The zero-order chi connectivity index (χ0) is 14.5. The van der Waals surface area contributed by atoms with E-state index >= 15 is 0 Å². The molecule has 2 aromatic heterocycles. The molecule has 0 saturated heterocycles. The lowest BCUT2D eigenvalue weighted by Crippen LogP contribution is -2.14. The Morgan fingerprint density at radius 3 is 2.65 bits per heavy atom. The number of ether oxygens (including phenoxy) is 1. The topological polar surface area (TPSA) is 161 Å². The van der Waals surface area contributed by atoms with Gasteiger partial charge in [0.1, 0.15) is 12.4 Å². The van der Waals surface area contributed by atoms with E-state index in [2.05, 4.69) is 35.2 Å². The molecule has 0 aliphatic carbocycles. The summed E-state index contributed by atoms with van der Waals surface area (Å²) in [5.41, 5.74) is 10.9. The first-order chi connectivity index (χ1) is 9.58. The van der Waals surface area contributed by atoms with E-state index in [1.807, 2.05) is 0 Å². The van der Waals surface area contributed by atoms with Crippen LogP contribution in [-0.4, -0.2) is 48.2 Å². The quantitative estimate of drug-likeness (QED) is 0.487. The molecule has 0 aliphatic heterocycles. The van der Waals surface area contributed by atoms with Crippen LogP contribution in [0.1, 0.15) is 5.82 Å². The van der Waals surface area contributed by atoms with Gasteiger partial charge in [-0.05, 0) is 10.4 Å². The van der Waals surface area contributed by atoms with Crippen molar-refractivity contribution >= 4 is 29.6 Å². The van der Waals surface area contributed by atoms with Gasteiger partial charge in [0, 0.05) is 0 Å². The van der Waals surface area contributed by atoms with Crippen molar-refractivity contribution in [3.63, 3.8) is 0 Å². The first-order valence-electron chi connectivity index (χ1n) is 5.30. The Balaban J connectivity index is 2.04. The van der Waals surface area contributed by atoms with Crippen LogP contribution in [0.25, 0.3) is 0 Å². The number of rotatable bonds is 5. The lowest BCUT2D eigenvalue weighted by Gasteiger charge is -2.03. The SMILES string of the molecule is COC(=O)Cn1nnnc1SCc1nc(N)nc(N)n1. The maximum atomic E-state index is 11.2. The van der Waals surface area contributed by atoms with Crippen LogP contribution in [0.15, 0.2) is 5.16 Å². The number of aromatic nitrogens is 7. The molecule has 0 unspecified atom stereocenters. The second kappa shape index (κ2) is 6.10. The summed E-state index contributed by atoms with van der Waals surface area (Å²) in [6.45, 7) is -0.0761. The van der Waals surface area contributed by atoms with Gasteiger partial charge in [0.2, 0.25) is 17.1 Å². The van der Waals surface area contributed by atoms with Gasteiger partial charge in [-0.2, -0.15) is 15.0 Å². The van der Waals surface area contributed by atoms with Crippen molar-refractivity contribution in [2.75, 3.05) is 18.6 Å². The van der Waals surface area contributed by atoms with E-state index in [4.69, 9.17) is 11.5 Å². The molecule has 20 heavy (non-hydrogen) atoms. The monoisotopic (exact) mass is 297 g/mol. The van der Waals surface area contributed by atoms with E-state index in [0.717, 1.165) is 0 Å². The summed E-state index contributed by atoms with van der Waals surface area (Å²) >= 11 is 1.23. The number of carbonyl (C=O) groups excluding carboxylic acids is 1. The van der Waals surface area contributed by atoms with Gasteiger partial charge >= 0.3 is 5.97 Å². The second-order valence-electron chi connectivity index (χ2n) is 3.45. The zero-order valence-electron chi connectivity index (χ0n) is 10.4. The summed E-state index contributed by atoms with van der Waals surface area (Å²) in [4.78, 5) is 22.7. The molecule has 0 aromatic carbocycles. The molecule has 4 N–H and O–H groups in total. The number of nitrogens with two attached hydrogens (primary N) is 2. The van der Waals surface area contributed by atoms with Crippen molar-refractivity contribution in [1.29, 1.82) is 0 Å². The minimum absolute atomic E-state index is 0.0438. The fourth-order valence-corrected chi connectivity index (χ4v) is 1.97. The number of nitrogens with zero attached hydrogens (tertiary/aromatic N) is 7. The third-order valence-corrected chi connectivity index (χ3v) is 3.01. The summed E-state index contributed by atoms with van der Waals surface area (Å²) in [7, 11) is 1.29. The number of thioether (sulfide) groups is 1. The smallest absolute Gasteiger partial charge is 0.327 e. The Labute approximate surface area is 117 Å². The van der Waals surface area contributed by atoms with Gasteiger partial charge < -0.3 is 16.2 Å². The molecule has 2 aromatic rings. The molecule has 0 amide bonds. The number of methoxy groups -OCH3 is 1. The average Bonchev–Trinajstić information content (AvgIpc) is 2.82. The van der Waals surface area contributed by atoms with Crippen molar-refractivity contribution in [2.45, 2.75) is 17.5 Å². The summed E-state index contributed by atoms with van der Waals surface area (Å²) in [5.74, 6) is 0.364. The lowest BCUT2D eigenvalue weighted by atomic mass is 10.7. The van der Waals surface area contributed by atoms with E-state index in [0.29, 0.717) is 16.7 Å². The normalized spacial score (nSPS) is 10.4. The first-order valence-corrected chi connectivity index (χ1v) is 6.28. The molecular weight excluding hydrogens is 286 g/mol. The summed E-state index contributed by atoms with van der Waals surface area (Å²) in [6.07, 6.45) is 0. The van der Waals surface area contributed by atoms with Gasteiger partial charge in [0.25, 0.3) is 0 Å². The van der Waals surface area contributed by atoms with E-state index in [1.54, 1.807) is 0 Å². The number of hydrogen-bond donors (Lipinski definition) is 2. The van der Waals surface area contributed by atoms with Crippen LogP contribution in [0.4, 0.5) is 11.9 Å². The number of nitrogen functional groups attached to an aromatic ring is 2. The Morgan fingerprint density at radius 1 is 1.30 bits per heavy atom. The summed E-state index contributed by atoms with van der Waals surface area (Å²) in [6, 6.07) is 0.